The molecule has 0 aromatic heterocycles. The van der Waals surface area contributed by atoms with E-state index >= 15 is 0 Å². The van der Waals surface area contributed by atoms with Crippen molar-refractivity contribution < 1.29 is 33.4 Å². The van der Waals surface area contributed by atoms with E-state index < -0.39 is 47.9 Å². The van der Waals surface area contributed by atoms with Crippen molar-refractivity contribution in [2.75, 3.05) is 13.7 Å². The number of benzene rings is 2. The Bertz CT molecular complexity index is 1420. The molecular formula is C36H45ClN2O7. The smallest absolute Gasteiger partial charge is 0.347 e. The van der Waals surface area contributed by atoms with Crippen molar-refractivity contribution in [2.24, 2.45) is 17.3 Å². The van der Waals surface area contributed by atoms with Crippen LogP contribution in [-0.4, -0.2) is 55.7 Å². The zero-order valence-electron chi connectivity index (χ0n) is 27.4. The lowest BCUT2D eigenvalue weighted by Crippen LogP contribution is -2.49. The Morgan fingerprint density at radius 1 is 1.04 bits per heavy atom. The van der Waals surface area contributed by atoms with Crippen molar-refractivity contribution in [3.05, 3.63) is 82.9 Å². The first-order valence-corrected chi connectivity index (χ1v) is 15.8. The van der Waals surface area contributed by atoms with E-state index in [9.17, 15) is 19.2 Å². The van der Waals surface area contributed by atoms with Gasteiger partial charge in [0.25, 0.3) is 0 Å². The van der Waals surface area contributed by atoms with Crippen LogP contribution in [0.2, 0.25) is 5.02 Å². The zero-order chi connectivity index (χ0) is 33.9. The molecule has 0 saturated heterocycles. The number of hydrogen-bond acceptors (Lipinski definition) is 7. The van der Waals surface area contributed by atoms with E-state index in [1.807, 2.05) is 70.2 Å². The van der Waals surface area contributed by atoms with Crippen LogP contribution in [0.25, 0.3) is 6.08 Å². The van der Waals surface area contributed by atoms with Gasteiger partial charge in [-0.25, -0.2) is 4.79 Å². The van der Waals surface area contributed by atoms with Gasteiger partial charge in [-0.05, 0) is 34.8 Å². The molecule has 46 heavy (non-hydrogen) atoms. The maximum absolute atomic E-state index is 13.5. The SMILES string of the molecule is COc1ccc(C[C@H]2NC(=O)C=CCC([C@H](C)C=Cc3ccccc3)OC(=O)[C@H](CC(C)(C)C)OC(=O)[C@H](C)CNC2=O)cc1Cl. The van der Waals surface area contributed by atoms with E-state index in [4.69, 9.17) is 25.8 Å². The van der Waals surface area contributed by atoms with Crippen LogP contribution in [0.5, 0.6) is 5.75 Å². The van der Waals surface area contributed by atoms with Gasteiger partial charge < -0.3 is 24.8 Å². The summed E-state index contributed by atoms with van der Waals surface area (Å²) >= 11 is 6.30. The van der Waals surface area contributed by atoms with Crippen LogP contribution in [-0.2, 0) is 35.1 Å². The number of cyclic esters (lactones) is 2. The lowest BCUT2D eigenvalue weighted by molar-refractivity contribution is -0.176. The van der Waals surface area contributed by atoms with Crippen LogP contribution in [0.4, 0.5) is 0 Å². The number of nitrogens with one attached hydrogen (secondary N) is 2. The van der Waals surface area contributed by atoms with E-state index in [0.717, 1.165) is 5.56 Å². The van der Waals surface area contributed by atoms with Crippen molar-refractivity contribution in [1.29, 1.82) is 0 Å². The summed E-state index contributed by atoms with van der Waals surface area (Å²) in [4.78, 5) is 53.0. The van der Waals surface area contributed by atoms with E-state index in [2.05, 4.69) is 10.6 Å². The van der Waals surface area contributed by atoms with Crippen molar-refractivity contribution in [3.8, 4) is 5.75 Å². The number of hydrogen-bond donors (Lipinski definition) is 2. The third-order valence-electron chi connectivity index (χ3n) is 7.48. The molecule has 1 unspecified atom stereocenters. The fourth-order valence-electron chi connectivity index (χ4n) is 4.80. The predicted octanol–water partition coefficient (Wildman–Crippen LogP) is 5.70. The standard InChI is InChI=1S/C36H45ClN2O7/c1-23(15-16-25-11-8-7-9-12-25)29-13-10-14-32(40)39-28(20-26-17-18-30(44-6)27(37)19-26)33(41)38-22-24(2)34(42)46-31(35(43)45-29)21-36(3,4)5/h7-12,14-19,23-24,28-29,31H,13,20-22H2,1-6H3,(H,38,41)(H,39,40)/t23-,24-,28-,29?,31+/m1/s1. The van der Waals surface area contributed by atoms with Crippen molar-refractivity contribution in [1.82, 2.24) is 10.6 Å². The molecule has 2 aromatic rings. The molecular weight excluding hydrogens is 608 g/mol. The van der Waals surface area contributed by atoms with Gasteiger partial charge in [-0.2, -0.15) is 0 Å². The maximum atomic E-state index is 13.5. The molecule has 2 N–H and O–H groups in total. The summed E-state index contributed by atoms with van der Waals surface area (Å²) < 4.78 is 16.9. The molecule has 0 saturated carbocycles. The zero-order valence-corrected chi connectivity index (χ0v) is 28.1. The molecule has 248 valence electrons. The minimum Gasteiger partial charge on any atom is -0.495 e. The van der Waals surface area contributed by atoms with Crippen molar-refractivity contribution >= 4 is 41.4 Å². The fourth-order valence-corrected chi connectivity index (χ4v) is 5.08. The summed E-state index contributed by atoms with van der Waals surface area (Å²) in [6.07, 6.45) is 5.59. The maximum Gasteiger partial charge on any atom is 0.347 e. The third kappa shape index (κ3) is 11.7. The number of esters is 2. The van der Waals surface area contributed by atoms with E-state index in [0.29, 0.717) is 16.3 Å². The van der Waals surface area contributed by atoms with Gasteiger partial charge in [0.2, 0.25) is 11.8 Å². The third-order valence-corrected chi connectivity index (χ3v) is 7.77. The number of amides is 2. The molecule has 3 rings (SSSR count). The van der Waals surface area contributed by atoms with Gasteiger partial charge in [-0.1, -0.05) is 101 Å². The predicted molar refractivity (Wildman–Crippen MR) is 178 cm³/mol. The number of halogens is 1. The van der Waals surface area contributed by atoms with Crippen LogP contribution >= 0.6 is 11.6 Å². The molecule has 0 spiro atoms. The summed E-state index contributed by atoms with van der Waals surface area (Å²) in [6.45, 7) is 9.27. The number of methoxy groups -OCH3 is 1. The fraction of sp³-hybridized carbons (Fsp3) is 0.444. The van der Waals surface area contributed by atoms with Gasteiger partial charge >= 0.3 is 11.9 Å². The average molecular weight is 653 g/mol. The molecule has 0 fully saturated rings. The Balaban J connectivity index is 1.91. The highest BCUT2D eigenvalue weighted by molar-refractivity contribution is 6.32. The van der Waals surface area contributed by atoms with Gasteiger partial charge in [0.1, 0.15) is 17.9 Å². The molecule has 10 heteroatoms. The monoisotopic (exact) mass is 652 g/mol. The van der Waals surface area contributed by atoms with Gasteiger partial charge in [-0.15, -0.1) is 0 Å². The number of rotatable bonds is 7. The second-order valence-corrected chi connectivity index (χ2v) is 13.2. The van der Waals surface area contributed by atoms with Crippen molar-refractivity contribution in [2.45, 2.75) is 72.1 Å². The molecule has 1 heterocycles. The van der Waals surface area contributed by atoms with Gasteiger partial charge in [0.15, 0.2) is 6.10 Å². The Morgan fingerprint density at radius 3 is 2.41 bits per heavy atom. The molecule has 1 aliphatic heterocycles. The summed E-state index contributed by atoms with van der Waals surface area (Å²) in [6, 6.07) is 13.9. The molecule has 5 atom stereocenters. The van der Waals surface area contributed by atoms with Gasteiger partial charge in [-0.3, -0.25) is 14.4 Å². The highest BCUT2D eigenvalue weighted by Gasteiger charge is 2.34. The minimum absolute atomic E-state index is 0.0650. The van der Waals surface area contributed by atoms with Crippen LogP contribution < -0.4 is 15.4 Å². The summed E-state index contributed by atoms with van der Waals surface area (Å²) in [7, 11) is 1.51. The lowest BCUT2D eigenvalue weighted by Gasteiger charge is -2.29. The van der Waals surface area contributed by atoms with E-state index in [1.54, 1.807) is 31.2 Å². The molecule has 0 radical (unpaired) electrons. The molecule has 0 aliphatic carbocycles. The average Bonchev–Trinajstić information content (AvgIpc) is 3.00. The Hall–Kier alpha value is -4.11. The van der Waals surface area contributed by atoms with Gasteiger partial charge in [0.05, 0.1) is 18.1 Å². The number of carbonyl (C=O) groups excluding carboxylic acids is 4. The molecule has 9 nitrogen and oxygen atoms in total. The Labute approximate surface area is 276 Å². The molecule has 1 aliphatic rings. The normalized spacial score (nSPS) is 22.8. The summed E-state index contributed by atoms with van der Waals surface area (Å²) in [5.41, 5.74) is 1.33. The highest BCUT2D eigenvalue weighted by Crippen LogP contribution is 2.27. The summed E-state index contributed by atoms with van der Waals surface area (Å²) in [5.74, 6) is -2.82. The van der Waals surface area contributed by atoms with E-state index in [-0.39, 0.29) is 37.1 Å². The highest BCUT2D eigenvalue weighted by atomic mass is 35.5. The van der Waals surface area contributed by atoms with Crippen LogP contribution in [0.3, 0.4) is 0 Å². The Kier molecular flexibility index (Phi) is 13.4. The van der Waals surface area contributed by atoms with Crippen LogP contribution in [0, 0.1) is 17.3 Å². The quantitative estimate of drug-likeness (QED) is 0.369. The Morgan fingerprint density at radius 2 is 1.76 bits per heavy atom. The van der Waals surface area contributed by atoms with Gasteiger partial charge in [0, 0.05) is 31.7 Å². The first-order chi connectivity index (χ1) is 21.8. The molecule has 2 aromatic carbocycles. The second-order valence-electron chi connectivity index (χ2n) is 12.8. The van der Waals surface area contributed by atoms with E-state index in [1.165, 1.54) is 13.2 Å². The lowest BCUT2D eigenvalue weighted by atomic mass is 9.89. The van der Waals surface area contributed by atoms with Crippen LogP contribution in [0.1, 0.15) is 58.6 Å². The second kappa shape index (κ2) is 17.0. The topological polar surface area (TPSA) is 120 Å². The summed E-state index contributed by atoms with van der Waals surface area (Å²) in [5, 5.41) is 5.86. The minimum atomic E-state index is -1.15. The first kappa shape index (κ1) is 36.4. The molecule has 2 amide bonds. The molecule has 0 bridgehead atoms. The first-order valence-electron chi connectivity index (χ1n) is 15.5. The largest absolute Gasteiger partial charge is 0.495 e. The van der Waals surface area contributed by atoms with Crippen LogP contribution in [0.15, 0.2) is 66.8 Å². The van der Waals surface area contributed by atoms with Crippen molar-refractivity contribution in [3.63, 3.8) is 0 Å². The number of ether oxygens (including phenoxy) is 3. The number of carbonyl (C=O) groups is 4.